The summed E-state index contributed by atoms with van der Waals surface area (Å²) in [5.41, 5.74) is 0.282. The van der Waals surface area contributed by atoms with Gasteiger partial charge in [-0.2, -0.15) is 0 Å². The smallest absolute Gasteiger partial charge is 0.331 e. The molecule has 0 amide bonds. The summed E-state index contributed by atoms with van der Waals surface area (Å²) >= 11 is 3.43. The minimum absolute atomic E-state index is 0.250. The SMILES string of the molecule is CC(=CCOc1ccc2cc(Br)ccc2c1)C(=O)O. The van der Waals surface area contributed by atoms with Crippen LogP contribution in [-0.4, -0.2) is 17.7 Å². The van der Waals surface area contributed by atoms with E-state index in [-0.39, 0.29) is 12.2 Å². The zero-order valence-electron chi connectivity index (χ0n) is 10.4. The molecular weight excluding hydrogens is 308 g/mol. The Bertz CT molecular complexity index is 647. The lowest BCUT2D eigenvalue weighted by Crippen LogP contribution is -2.00. The predicted molar refractivity (Wildman–Crippen MR) is 78.5 cm³/mol. The second-order valence-electron chi connectivity index (χ2n) is 4.16. The molecule has 0 fully saturated rings. The van der Waals surface area contributed by atoms with Crippen molar-refractivity contribution in [2.75, 3.05) is 6.61 Å². The van der Waals surface area contributed by atoms with E-state index in [4.69, 9.17) is 9.84 Å². The third-order valence-corrected chi connectivity index (χ3v) is 3.24. The lowest BCUT2D eigenvalue weighted by Gasteiger charge is -2.05. The fourth-order valence-electron chi connectivity index (χ4n) is 1.63. The summed E-state index contributed by atoms with van der Waals surface area (Å²) < 4.78 is 6.55. The van der Waals surface area contributed by atoms with Gasteiger partial charge in [0.15, 0.2) is 0 Å². The molecule has 3 nitrogen and oxygen atoms in total. The predicted octanol–water partition coefficient (Wildman–Crippen LogP) is 4.01. The third-order valence-electron chi connectivity index (χ3n) is 2.75. The highest BCUT2D eigenvalue weighted by Gasteiger charge is 2.00. The number of rotatable bonds is 4. The molecule has 2 aromatic carbocycles. The van der Waals surface area contributed by atoms with E-state index in [1.165, 1.54) is 0 Å². The van der Waals surface area contributed by atoms with Gasteiger partial charge in [0.05, 0.1) is 0 Å². The summed E-state index contributed by atoms with van der Waals surface area (Å²) in [6, 6.07) is 11.8. The Labute approximate surface area is 119 Å². The first-order valence-electron chi connectivity index (χ1n) is 5.78. The van der Waals surface area contributed by atoms with Gasteiger partial charge in [0.1, 0.15) is 12.4 Å². The minimum atomic E-state index is -0.924. The maximum atomic E-state index is 10.6. The molecule has 2 rings (SSSR count). The van der Waals surface area contributed by atoms with Gasteiger partial charge in [-0.3, -0.25) is 0 Å². The van der Waals surface area contributed by atoms with Gasteiger partial charge < -0.3 is 9.84 Å². The molecule has 0 unspecified atom stereocenters. The third kappa shape index (κ3) is 3.58. The number of hydrogen-bond donors (Lipinski definition) is 1. The second kappa shape index (κ2) is 5.89. The van der Waals surface area contributed by atoms with Crippen LogP contribution in [-0.2, 0) is 4.79 Å². The number of benzene rings is 2. The summed E-state index contributed by atoms with van der Waals surface area (Å²) in [4.78, 5) is 10.6. The Morgan fingerprint density at radius 2 is 1.95 bits per heavy atom. The second-order valence-corrected chi connectivity index (χ2v) is 5.07. The molecule has 1 N–H and O–H groups in total. The van der Waals surface area contributed by atoms with Crippen molar-refractivity contribution in [3.05, 3.63) is 52.5 Å². The Hall–Kier alpha value is -1.81. The van der Waals surface area contributed by atoms with Crippen molar-refractivity contribution < 1.29 is 14.6 Å². The number of ether oxygens (including phenoxy) is 1. The van der Waals surface area contributed by atoms with Crippen molar-refractivity contribution >= 4 is 32.7 Å². The summed E-state index contributed by atoms with van der Waals surface area (Å²) in [6.45, 7) is 1.80. The Morgan fingerprint density at radius 1 is 1.26 bits per heavy atom. The van der Waals surface area contributed by atoms with Crippen LogP contribution in [0.15, 0.2) is 52.5 Å². The van der Waals surface area contributed by atoms with Crippen molar-refractivity contribution in [3.63, 3.8) is 0 Å². The first-order chi connectivity index (χ1) is 9.06. The van der Waals surface area contributed by atoms with Crippen LogP contribution in [0, 0.1) is 0 Å². The van der Waals surface area contributed by atoms with Crippen LogP contribution < -0.4 is 4.74 Å². The minimum Gasteiger partial charge on any atom is -0.489 e. The maximum absolute atomic E-state index is 10.6. The van der Waals surface area contributed by atoms with Crippen LogP contribution in [0.1, 0.15) is 6.92 Å². The molecule has 0 saturated heterocycles. The standard InChI is InChI=1S/C15H13BrO3/c1-10(15(17)18)6-7-19-14-5-3-11-8-13(16)4-2-12(11)9-14/h2-6,8-9H,7H2,1H3,(H,17,18). The van der Waals surface area contributed by atoms with E-state index in [1.54, 1.807) is 13.0 Å². The van der Waals surface area contributed by atoms with E-state index in [1.807, 2.05) is 36.4 Å². The number of fused-ring (bicyclic) bond motifs is 1. The molecular formula is C15H13BrO3. The van der Waals surface area contributed by atoms with E-state index in [2.05, 4.69) is 15.9 Å². The zero-order valence-corrected chi connectivity index (χ0v) is 12.0. The largest absolute Gasteiger partial charge is 0.489 e. The van der Waals surface area contributed by atoms with Crippen molar-refractivity contribution in [1.82, 2.24) is 0 Å². The molecule has 0 radical (unpaired) electrons. The number of carboxylic acid groups (broad SMARTS) is 1. The highest BCUT2D eigenvalue weighted by Crippen LogP contribution is 2.24. The summed E-state index contributed by atoms with van der Waals surface area (Å²) in [6.07, 6.45) is 1.55. The fourth-order valence-corrected chi connectivity index (χ4v) is 2.01. The molecule has 0 aromatic heterocycles. The van der Waals surface area contributed by atoms with Crippen LogP contribution >= 0.6 is 15.9 Å². The van der Waals surface area contributed by atoms with Crippen molar-refractivity contribution in [1.29, 1.82) is 0 Å². The van der Waals surface area contributed by atoms with Crippen LogP contribution in [0.2, 0.25) is 0 Å². The normalized spacial score (nSPS) is 11.6. The first-order valence-corrected chi connectivity index (χ1v) is 6.58. The van der Waals surface area contributed by atoms with Crippen molar-refractivity contribution in [2.45, 2.75) is 6.92 Å². The van der Waals surface area contributed by atoms with E-state index in [0.717, 1.165) is 21.0 Å². The average Bonchev–Trinajstić information content (AvgIpc) is 2.38. The molecule has 98 valence electrons. The van der Waals surface area contributed by atoms with Gasteiger partial charge in [-0.15, -0.1) is 0 Å². The van der Waals surface area contributed by atoms with Gasteiger partial charge in [0, 0.05) is 10.0 Å². The summed E-state index contributed by atoms with van der Waals surface area (Å²) in [5, 5.41) is 10.9. The van der Waals surface area contributed by atoms with Crippen molar-refractivity contribution in [2.24, 2.45) is 0 Å². The number of carboxylic acids is 1. The number of halogens is 1. The van der Waals surface area contributed by atoms with Gasteiger partial charge in [-0.05, 0) is 48.0 Å². The van der Waals surface area contributed by atoms with Crippen molar-refractivity contribution in [3.8, 4) is 5.75 Å². The summed E-state index contributed by atoms with van der Waals surface area (Å²) in [5.74, 6) is -0.198. The van der Waals surface area contributed by atoms with Gasteiger partial charge in [-0.25, -0.2) is 4.79 Å². The van der Waals surface area contributed by atoms with Crippen LogP contribution in [0.25, 0.3) is 10.8 Å². The molecule has 0 bridgehead atoms. The summed E-state index contributed by atoms with van der Waals surface area (Å²) in [7, 11) is 0. The van der Waals surface area contributed by atoms with Gasteiger partial charge in [0.25, 0.3) is 0 Å². The van der Waals surface area contributed by atoms with E-state index < -0.39 is 5.97 Å². The molecule has 0 aliphatic heterocycles. The number of hydrogen-bond acceptors (Lipinski definition) is 2. The van der Waals surface area contributed by atoms with E-state index in [0.29, 0.717) is 0 Å². The Balaban J connectivity index is 2.12. The fraction of sp³-hybridized carbons (Fsp3) is 0.133. The molecule has 19 heavy (non-hydrogen) atoms. The molecule has 0 aliphatic rings. The zero-order chi connectivity index (χ0) is 13.8. The number of carbonyl (C=O) groups is 1. The topological polar surface area (TPSA) is 46.5 Å². The van der Waals surface area contributed by atoms with Crippen LogP contribution in [0.4, 0.5) is 0 Å². The quantitative estimate of drug-likeness (QED) is 0.866. The molecule has 0 atom stereocenters. The molecule has 0 aliphatic carbocycles. The average molecular weight is 321 g/mol. The van der Waals surface area contributed by atoms with Gasteiger partial charge >= 0.3 is 5.97 Å². The first kappa shape index (κ1) is 13.6. The lowest BCUT2D eigenvalue weighted by molar-refractivity contribution is -0.132. The van der Waals surface area contributed by atoms with E-state index in [9.17, 15) is 4.79 Å². The van der Waals surface area contributed by atoms with Gasteiger partial charge in [0.2, 0.25) is 0 Å². The van der Waals surface area contributed by atoms with Gasteiger partial charge in [-0.1, -0.05) is 28.1 Å². The van der Waals surface area contributed by atoms with Crippen LogP contribution in [0.5, 0.6) is 5.75 Å². The lowest BCUT2D eigenvalue weighted by atomic mass is 10.1. The monoisotopic (exact) mass is 320 g/mol. The molecule has 0 spiro atoms. The number of aliphatic carboxylic acids is 1. The Kier molecular flexibility index (Phi) is 4.22. The molecule has 2 aromatic rings. The Morgan fingerprint density at radius 3 is 2.68 bits per heavy atom. The molecule has 0 saturated carbocycles. The highest BCUT2D eigenvalue weighted by molar-refractivity contribution is 9.10. The van der Waals surface area contributed by atoms with Crippen LogP contribution in [0.3, 0.4) is 0 Å². The highest BCUT2D eigenvalue weighted by atomic mass is 79.9. The van der Waals surface area contributed by atoms with E-state index >= 15 is 0 Å². The molecule has 4 heteroatoms. The maximum Gasteiger partial charge on any atom is 0.331 e. The molecule has 0 heterocycles.